The molecule has 0 saturated carbocycles. The molecule has 1 rings (SSSR count). The van der Waals surface area contributed by atoms with Gasteiger partial charge in [0.15, 0.2) is 8.24 Å². The zero-order chi connectivity index (χ0) is 17.9. The number of hydrogen-bond acceptors (Lipinski definition) is 2. The van der Waals surface area contributed by atoms with E-state index in [-0.39, 0.29) is 5.41 Å². The zero-order valence-corrected chi connectivity index (χ0v) is 18.4. The monoisotopic (exact) mass is 346 g/mol. The van der Waals surface area contributed by atoms with Crippen molar-refractivity contribution in [1.82, 2.24) is 4.98 Å². The van der Waals surface area contributed by atoms with Crippen molar-refractivity contribution >= 4 is 22.2 Å². The molecule has 0 heterocycles. The van der Waals surface area contributed by atoms with E-state index < -0.39 is 16.5 Å². The summed E-state index contributed by atoms with van der Waals surface area (Å²) in [6.45, 7) is 20.7. The van der Waals surface area contributed by atoms with Gasteiger partial charge in [-0.3, -0.25) is 0 Å². The van der Waals surface area contributed by atoms with Crippen molar-refractivity contribution in [3.8, 4) is 0 Å². The van der Waals surface area contributed by atoms with Gasteiger partial charge in [-0.1, -0.05) is 70.7 Å². The van der Waals surface area contributed by atoms with E-state index >= 15 is 0 Å². The second kappa shape index (κ2) is 7.18. The maximum atomic E-state index is 5.12. The highest BCUT2D eigenvalue weighted by atomic mass is 28.3. The Bertz CT molecular complexity index is 568. The van der Waals surface area contributed by atoms with E-state index in [2.05, 4.69) is 101 Å². The summed E-state index contributed by atoms with van der Waals surface area (Å²) in [6.07, 6.45) is 2.28. The third-order valence-corrected chi connectivity index (χ3v) is 5.06. The van der Waals surface area contributed by atoms with Gasteiger partial charge in [0.2, 0.25) is 0 Å². The summed E-state index contributed by atoms with van der Waals surface area (Å²) in [5.41, 5.74) is 3.68. The first-order valence-electron chi connectivity index (χ1n) is 8.44. The van der Waals surface area contributed by atoms with Crippen molar-refractivity contribution in [2.45, 2.75) is 60.1 Å². The molecule has 1 aromatic carbocycles. The van der Waals surface area contributed by atoms with E-state index in [9.17, 15) is 0 Å². The van der Waals surface area contributed by atoms with Gasteiger partial charge in [-0.25, -0.2) is 0 Å². The lowest BCUT2D eigenvalue weighted by Gasteiger charge is -2.31. The normalized spacial score (nSPS) is 14.8. The number of hydrogen-bond donors (Lipinski definition) is 1. The van der Waals surface area contributed by atoms with Crippen LogP contribution in [0.25, 0.3) is 0 Å². The summed E-state index contributed by atoms with van der Waals surface area (Å²) in [7, 11) is -2.98. The average molecular weight is 347 g/mol. The van der Waals surface area contributed by atoms with Crippen molar-refractivity contribution in [2.75, 3.05) is 0 Å². The van der Waals surface area contributed by atoms with E-state index in [1.54, 1.807) is 0 Å². The Morgan fingerprint density at radius 2 is 1.48 bits per heavy atom. The van der Waals surface area contributed by atoms with Gasteiger partial charge in [0.05, 0.1) is 5.71 Å². The fourth-order valence-electron chi connectivity index (χ4n) is 2.13. The SMILES string of the molecule is CC(C)(C)/C(=C\C(=N\[Si](C)(C)C)c1ccccc1)N[Si](C)(C)C. The van der Waals surface area contributed by atoms with Crippen molar-refractivity contribution in [3.05, 3.63) is 47.7 Å². The molecule has 23 heavy (non-hydrogen) atoms. The Balaban J connectivity index is 3.43. The largest absolute Gasteiger partial charge is 0.414 e. The van der Waals surface area contributed by atoms with Gasteiger partial charge in [-0.05, 0) is 31.3 Å². The van der Waals surface area contributed by atoms with E-state index in [0.29, 0.717) is 0 Å². The van der Waals surface area contributed by atoms with Gasteiger partial charge in [-0.2, -0.15) is 0 Å². The molecule has 0 bridgehead atoms. The molecule has 1 N–H and O–H groups in total. The molecule has 0 amide bonds. The summed E-state index contributed by atoms with van der Waals surface area (Å²) >= 11 is 0. The Kier molecular flexibility index (Phi) is 6.21. The summed E-state index contributed by atoms with van der Waals surface area (Å²) in [5.74, 6) is 0. The minimum absolute atomic E-state index is 0.0786. The van der Waals surface area contributed by atoms with Crippen LogP contribution >= 0.6 is 0 Å². The van der Waals surface area contributed by atoms with E-state index in [1.807, 2.05) is 0 Å². The van der Waals surface area contributed by atoms with Crippen LogP contribution in [0, 0.1) is 5.41 Å². The van der Waals surface area contributed by atoms with Crippen LogP contribution in [0.1, 0.15) is 26.3 Å². The fourth-order valence-corrected chi connectivity index (χ4v) is 4.30. The minimum atomic E-state index is -1.56. The maximum absolute atomic E-state index is 5.12. The molecule has 4 heteroatoms. The lowest BCUT2D eigenvalue weighted by atomic mass is 9.91. The molecule has 0 aliphatic carbocycles. The van der Waals surface area contributed by atoms with Gasteiger partial charge < -0.3 is 9.64 Å². The predicted octanol–water partition coefficient (Wildman–Crippen LogP) is 5.67. The Labute approximate surface area is 145 Å². The number of benzene rings is 1. The molecular formula is C19H34N2Si2. The van der Waals surface area contributed by atoms with E-state index in [4.69, 9.17) is 4.66 Å². The molecule has 0 radical (unpaired) electrons. The summed E-state index contributed by atoms with van der Waals surface area (Å²) < 4.78 is 5.12. The molecule has 0 spiro atoms. The zero-order valence-electron chi connectivity index (χ0n) is 16.4. The molecule has 0 aromatic heterocycles. The van der Waals surface area contributed by atoms with E-state index in [1.165, 1.54) is 11.3 Å². The van der Waals surface area contributed by atoms with Crippen LogP contribution in [0.15, 0.2) is 46.8 Å². The van der Waals surface area contributed by atoms with Crippen LogP contribution in [-0.2, 0) is 0 Å². The first-order valence-corrected chi connectivity index (χ1v) is 15.4. The van der Waals surface area contributed by atoms with Crippen LogP contribution in [0.3, 0.4) is 0 Å². The number of nitrogens with zero attached hydrogens (tertiary/aromatic N) is 1. The first-order chi connectivity index (χ1) is 10.3. The van der Waals surface area contributed by atoms with Crippen LogP contribution in [0.5, 0.6) is 0 Å². The second-order valence-corrected chi connectivity index (χ2v) is 18.5. The highest BCUT2D eigenvalue weighted by Crippen LogP contribution is 2.25. The van der Waals surface area contributed by atoms with Gasteiger partial charge in [0.1, 0.15) is 8.24 Å². The molecule has 2 nitrogen and oxygen atoms in total. The Morgan fingerprint density at radius 1 is 0.957 bits per heavy atom. The summed E-state index contributed by atoms with van der Waals surface area (Å²) in [6, 6.07) is 10.6. The lowest BCUT2D eigenvalue weighted by molar-refractivity contribution is 0.484. The minimum Gasteiger partial charge on any atom is -0.414 e. The smallest absolute Gasteiger partial charge is 0.173 e. The Hall–Kier alpha value is -1.14. The first kappa shape index (κ1) is 19.9. The molecule has 0 fully saturated rings. The van der Waals surface area contributed by atoms with Gasteiger partial charge in [0, 0.05) is 11.1 Å². The quantitative estimate of drug-likeness (QED) is 0.539. The van der Waals surface area contributed by atoms with Gasteiger partial charge in [0.25, 0.3) is 0 Å². The summed E-state index contributed by atoms with van der Waals surface area (Å²) in [5, 5.41) is 0. The number of rotatable bonds is 5. The van der Waals surface area contributed by atoms with Gasteiger partial charge in [-0.15, -0.1) is 0 Å². The van der Waals surface area contributed by atoms with E-state index in [0.717, 1.165) is 5.71 Å². The third-order valence-electron chi connectivity index (χ3n) is 3.12. The molecule has 0 atom stereocenters. The van der Waals surface area contributed by atoms with Crippen molar-refractivity contribution in [2.24, 2.45) is 10.1 Å². The second-order valence-electron chi connectivity index (χ2n) is 9.22. The topological polar surface area (TPSA) is 24.4 Å². The number of allylic oxidation sites excluding steroid dienone is 2. The standard InChI is InChI=1S/C19H34N2Si2/c1-19(2,3)18(21-23(7,8)9)15-17(20-22(4,5)6)16-13-11-10-12-14-16/h10-15,21H,1-9H3/b18-15+,20-17-. The molecule has 0 saturated heterocycles. The third kappa shape index (κ3) is 7.79. The number of nitrogens with one attached hydrogen (secondary N) is 1. The maximum Gasteiger partial charge on any atom is 0.173 e. The molecule has 0 aliphatic rings. The van der Waals surface area contributed by atoms with Crippen LogP contribution in [0.2, 0.25) is 39.3 Å². The molecule has 0 unspecified atom stereocenters. The van der Waals surface area contributed by atoms with Crippen molar-refractivity contribution in [1.29, 1.82) is 0 Å². The molecule has 0 aliphatic heterocycles. The fraction of sp³-hybridized carbons (Fsp3) is 0.526. The molecule has 128 valence electrons. The predicted molar refractivity (Wildman–Crippen MR) is 110 cm³/mol. The average Bonchev–Trinajstić information content (AvgIpc) is 2.34. The van der Waals surface area contributed by atoms with Gasteiger partial charge >= 0.3 is 0 Å². The molecular weight excluding hydrogens is 312 g/mol. The molecule has 1 aromatic rings. The van der Waals surface area contributed by atoms with Crippen molar-refractivity contribution < 1.29 is 0 Å². The highest BCUT2D eigenvalue weighted by Gasteiger charge is 2.24. The van der Waals surface area contributed by atoms with Crippen LogP contribution in [-0.4, -0.2) is 22.2 Å². The lowest BCUT2D eigenvalue weighted by Crippen LogP contribution is -2.44. The van der Waals surface area contributed by atoms with Crippen molar-refractivity contribution in [3.63, 3.8) is 0 Å². The summed E-state index contributed by atoms with van der Waals surface area (Å²) in [4.78, 5) is 3.82. The highest BCUT2D eigenvalue weighted by molar-refractivity contribution is 6.76. The Morgan fingerprint density at radius 3 is 1.87 bits per heavy atom. The van der Waals surface area contributed by atoms with Crippen LogP contribution in [0.4, 0.5) is 0 Å². The van der Waals surface area contributed by atoms with Crippen LogP contribution < -0.4 is 4.98 Å².